The van der Waals surface area contributed by atoms with Crippen molar-refractivity contribution in [2.75, 3.05) is 13.1 Å². The number of benzene rings is 1. The summed E-state index contributed by atoms with van der Waals surface area (Å²) >= 11 is 0. The van der Waals surface area contributed by atoms with Crippen molar-refractivity contribution >= 4 is 18.0 Å². The Labute approximate surface area is 166 Å². The molecule has 0 aromatic heterocycles. The minimum Gasteiger partial charge on any atom is -0.481 e. The summed E-state index contributed by atoms with van der Waals surface area (Å²) in [6.45, 7) is 9.50. The molecular formula is C21H31N2O5+. The van der Waals surface area contributed by atoms with Crippen LogP contribution in [-0.2, 0) is 14.3 Å². The first-order valence-electron chi connectivity index (χ1n) is 9.64. The van der Waals surface area contributed by atoms with E-state index in [1.807, 2.05) is 44.2 Å². The maximum Gasteiger partial charge on any atom is 0.513 e. The van der Waals surface area contributed by atoms with Gasteiger partial charge in [0.15, 0.2) is 6.04 Å². The van der Waals surface area contributed by atoms with E-state index in [0.29, 0.717) is 6.54 Å². The first-order chi connectivity index (χ1) is 13.0. The summed E-state index contributed by atoms with van der Waals surface area (Å²) in [7, 11) is 0. The fourth-order valence-corrected chi connectivity index (χ4v) is 3.51. The van der Waals surface area contributed by atoms with Gasteiger partial charge in [0.25, 0.3) is 5.91 Å². The first-order valence-corrected chi connectivity index (χ1v) is 9.64. The monoisotopic (exact) mass is 391 g/mol. The van der Waals surface area contributed by atoms with Crippen molar-refractivity contribution in [2.45, 2.75) is 52.2 Å². The third kappa shape index (κ3) is 5.55. The molecule has 0 saturated carbocycles. The van der Waals surface area contributed by atoms with Gasteiger partial charge in [0, 0.05) is 24.9 Å². The maximum atomic E-state index is 13.1. The van der Waals surface area contributed by atoms with E-state index in [2.05, 4.69) is 0 Å². The van der Waals surface area contributed by atoms with Gasteiger partial charge in [-0.1, -0.05) is 44.2 Å². The second-order valence-corrected chi connectivity index (χ2v) is 8.68. The minimum atomic E-state index is -0.915. The first kappa shape index (κ1) is 21.9. The van der Waals surface area contributed by atoms with Gasteiger partial charge in [-0.2, -0.15) is 4.79 Å². The zero-order valence-corrected chi connectivity index (χ0v) is 17.2. The largest absolute Gasteiger partial charge is 0.513 e. The van der Waals surface area contributed by atoms with Crippen molar-refractivity contribution < 1.29 is 29.5 Å². The standard InChI is InChI=1S/C21H30N2O5/c1-13(2)17(22-20(27)28-21(3,4)5)18(24)23-11-15(16(12-23)19(25)26)14-9-7-6-8-10-14/h6-10,13,15-17H,11-12H2,1-5H3,(H,22,27)(H,25,26)/p+1/t15-,16+,17-/m0/s1. The van der Waals surface area contributed by atoms with Crippen molar-refractivity contribution in [2.24, 2.45) is 11.8 Å². The molecule has 2 amide bonds. The molecule has 0 unspecified atom stereocenters. The number of carbonyl (C=O) groups is 3. The molecule has 7 nitrogen and oxygen atoms in total. The van der Waals surface area contributed by atoms with Crippen molar-refractivity contribution in [1.82, 2.24) is 4.90 Å². The average Bonchev–Trinajstić information content (AvgIpc) is 3.04. The Kier molecular flexibility index (Phi) is 6.82. The number of quaternary nitrogens is 1. The molecule has 0 spiro atoms. The minimum absolute atomic E-state index is 0.112. The Morgan fingerprint density at radius 2 is 1.75 bits per heavy atom. The fraction of sp³-hybridized carbons (Fsp3) is 0.571. The summed E-state index contributed by atoms with van der Waals surface area (Å²) in [5.41, 5.74) is 0.265. The second kappa shape index (κ2) is 8.73. The van der Waals surface area contributed by atoms with Crippen LogP contribution in [0.25, 0.3) is 0 Å². The summed E-state index contributed by atoms with van der Waals surface area (Å²) in [5, 5.41) is 11.0. The molecule has 2 rings (SSSR count). The molecule has 0 radical (unpaired) electrons. The summed E-state index contributed by atoms with van der Waals surface area (Å²) in [4.78, 5) is 38.7. The lowest BCUT2D eigenvalue weighted by atomic mass is 9.89. The number of amides is 2. The number of ether oxygens (including phenoxy) is 1. The van der Waals surface area contributed by atoms with E-state index in [4.69, 9.17) is 4.74 Å². The summed E-state index contributed by atoms with van der Waals surface area (Å²) in [6, 6.07) is 8.74. The number of aliphatic carboxylic acids is 1. The van der Waals surface area contributed by atoms with Crippen LogP contribution in [0.5, 0.6) is 0 Å². The van der Waals surface area contributed by atoms with E-state index in [-0.39, 0.29) is 24.3 Å². The normalized spacial score (nSPS) is 20.9. The highest BCUT2D eigenvalue weighted by Crippen LogP contribution is 2.33. The molecule has 1 aromatic carbocycles. The van der Waals surface area contributed by atoms with E-state index in [9.17, 15) is 19.5 Å². The number of likely N-dealkylation sites (tertiary alicyclic amines) is 1. The molecule has 1 saturated heterocycles. The summed E-state index contributed by atoms with van der Waals surface area (Å²) in [6.07, 6.45) is -0.534. The molecule has 1 fully saturated rings. The Hall–Kier alpha value is -2.41. The lowest BCUT2D eigenvalue weighted by Gasteiger charge is -2.25. The van der Waals surface area contributed by atoms with Gasteiger partial charge in [-0.25, -0.2) is 5.32 Å². The summed E-state index contributed by atoms with van der Waals surface area (Å²) < 4.78 is 5.32. The average molecular weight is 391 g/mol. The number of nitrogens with two attached hydrogens (primary N) is 1. The van der Waals surface area contributed by atoms with Crippen LogP contribution < -0.4 is 5.32 Å². The van der Waals surface area contributed by atoms with E-state index in [1.54, 1.807) is 25.7 Å². The van der Waals surface area contributed by atoms with Gasteiger partial charge in [0.1, 0.15) is 5.60 Å². The van der Waals surface area contributed by atoms with Crippen LogP contribution in [0.3, 0.4) is 0 Å². The van der Waals surface area contributed by atoms with Gasteiger partial charge in [0.2, 0.25) is 0 Å². The SMILES string of the molecule is CC(C)[C@H]([NH2+]C(=O)OC(C)(C)C)C(=O)N1C[C@@H](C(=O)O)[C@H](c2ccccc2)C1. The van der Waals surface area contributed by atoms with Gasteiger partial charge in [-0.15, -0.1) is 0 Å². The number of primary amides is 1. The number of hydrogen-bond acceptors (Lipinski definition) is 4. The molecule has 0 bridgehead atoms. The number of carboxylic acids is 1. The van der Waals surface area contributed by atoms with Crippen molar-refractivity contribution in [1.29, 1.82) is 0 Å². The van der Waals surface area contributed by atoms with Gasteiger partial charge in [-0.3, -0.25) is 9.59 Å². The van der Waals surface area contributed by atoms with Crippen molar-refractivity contribution in [3.63, 3.8) is 0 Å². The predicted molar refractivity (Wildman–Crippen MR) is 104 cm³/mol. The van der Waals surface area contributed by atoms with Gasteiger partial charge >= 0.3 is 12.1 Å². The molecular weight excluding hydrogens is 360 g/mol. The molecule has 1 aliphatic heterocycles. The van der Waals surface area contributed by atoms with Crippen LogP contribution in [0.4, 0.5) is 4.79 Å². The van der Waals surface area contributed by atoms with Gasteiger partial charge in [0.05, 0.1) is 5.92 Å². The molecule has 7 heteroatoms. The molecule has 3 N–H and O–H groups in total. The smallest absolute Gasteiger partial charge is 0.481 e. The van der Waals surface area contributed by atoms with Crippen molar-refractivity contribution in [3.8, 4) is 0 Å². The third-order valence-corrected chi connectivity index (χ3v) is 4.90. The lowest BCUT2D eigenvalue weighted by molar-refractivity contribution is -0.604. The van der Waals surface area contributed by atoms with E-state index < -0.39 is 29.6 Å². The highest BCUT2D eigenvalue weighted by atomic mass is 16.6. The zero-order valence-electron chi connectivity index (χ0n) is 17.2. The quantitative estimate of drug-likeness (QED) is 0.798. The number of nitrogens with zero attached hydrogens (tertiary/aromatic N) is 1. The maximum absolute atomic E-state index is 13.1. The summed E-state index contributed by atoms with van der Waals surface area (Å²) in [5.74, 6) is -2.19. The number of carbonyl (C=O) groups excluding carboxylic acids is 2. The Bertz CT molecular complexity index is 711. The molecule has 154 valence electrons. The molecule has 0 aliphatic carbocycles. The molecule has 28 heavy (non-hydrogen) atoms. The Morgan fingerprint density at radius 3 is 2.25 bits per heavy atom. The van der Waals surface area contributed by atoms with E-state index >= 15 is 0 Å². The second-order valence-electron chi connectivity index (χ2n) is 8.68. The van der Waals surface area contributed by atoms with Crippen LogP contribution in [-0.4, -0.2) is 52.7 Å². The Morgan fingerprint density at radius 1 is 1.14 bits per heavy atom. The van der Waals surface area contributed by atoms with Crippen LogP contribution in [0.15, 0.2) is 30.3 Å². The number of rotatable bonds is 5. The fourth-order valence-electron chi connectivity index (χ4n) is 3.51. The lowest BCUT2D eigenvalue weighted by Crippen LogP contribution is -2.97. The zero-order chi connectivity index (χ0) is 21.1. The topological polar surface area (TPSA) is 101 Å². The predicted octanol–water partition coefficient (Wildman–Crippen LogP) is 1.84. The van der Waals surface area contributed by atoms with Crippen LogP contribution in [0.2, 0.25) is 0 Å². The highest BCUT2D eigenvalue weighted by molar-refractivity contribution is 5.83. The van der Waals surface area contributed by atoms with Gasteiger partial charge < -0.3 is 14.7 Å². The molecule has 1 aliphatic rings. The third-order valence-electron chi connectivity index (χ3n) is 4.90. The molecule has 1 heterocycles. The van der Waals surface area contributed by atoms with Crippen LogP contribution >= 0.6 is 0 Å². The highest BCUT2D eigenvalue weighted by Gasteiger charge is 2.44. The number of hydrogen-bond donors (Lipinski definition) is 2. The van der Waals surface area contributed by atoms with Gasteiger partial charge in [-0.05, 0) is 26.3 Å². The van der Waals surface area contributed by atoms with Crippen LogP contribution in [0.1, 0.15) is 46.1 Å². The van der Waals surface area contributed by atoms with Crippen molar-refractivity contribution in [3.05, 3.63) is 35.9 Å². The number of carboxylic acid groups (broad SMARTS) is 1. The Balaban J connectivity index is 2.16. The molecule has 1 aromatic rings. The molecule has 3 atom stereocenters. The van der Waals surface area contributed by atoms with E-state index in [0.717, 1.165) is 5.56 Å². The van der Waals surface area contributed by atoms with E-state index in [1.165, 1.54) is 5.32 Å². The van der Waals surface area contributed by atoms with Crippen LogP contribution in [0, 0.1) is 11.8 Å².